The van der Waals surface area contributed by atoms with Gasteiger partial charge in [-0.1, -0.05) is 45.8 Å². The highest BCUT2D eigenvalue weighted by molar-refractivity contribution is 9.10. The van der Waals surface area contributed by atoms with E-state index in [0.29, 0.717) is 5.75 Å². The van der Waals surface area contributed by atoms with E-state index in [2.05, 4.69) is 20.7 Å². The second-order valence-electron chi connectivity index (χ2n) is 5.06. The van der Waals surface area contributed by atoms with Crippen LogP contribution in [0, 0.1) is 13.8 Å². The molecular formula is C16H18BrNO3S. The summed E-state index contributed by atoms with van der Waals surface area (Å²) in [6.07, 6.45) is 0. The lowest BCUT2D eigenvalue weighted by molar-refractivity contribution is 0.402. The minimum Gasteiger partial charge on any atom is -0.495 e. The van der Waals surface area contributed by atoms with Gasteiger partial charge in [-0.05, 0) is 37.1 Å². The number of halogens is 1. The molecule has 0 aromatic heterocycles. The van der Waals surface area contributed by atoms with Crippen molar-refractivity contribution in [2.75, 3.05) is 7.11 Å². The van der Waals surface area contributed by atoms with Gasteiger partial charge in [0.1, 0.15) is 10.6 Å². The molecule has 0 aliphatic rings. The molecule has 0 unspecified atom stereocenters. The van der Waals surface area contributed by atoms with Crippen LogP contribution in [0.4, 0.5) is 0 Å². The molecule has 0 heterocycles. The zero-order valence-electron chi connectivity index (χ0n) is 12.7. The Morgan fingerprint density at radius 2 is 1.77 bits per heavy atom. The standard InChI is InChI=1S/C16H18BrNO3S/c1-11-4-6-13(7-5-11)10-18-22(19,20)16-9-14(17)12(2)8-15(16)21-3/h4-9,18H,10H2,1-3H3. The number of methoxy groups -OCH3 is 1. The quantitative estimate of drug-likeness (QED) is 0.858. The maximum Gasteiger partial charge on any atom is 0.244 e. The van der Waals surface area contributed by atoms with Gasteiger partial charge >= 0.3 is 0 Å². The molecule has 1 N–H and O–H groups in total. The van der Waals surface area contributed by atoms with Crippen LogP contribution < -0.4 is 9.46 Å². The Balaban J connectivity index is 2.27. The number of nitrogens with one attached hydrogen (secondary N) is 1. The number of rotatable bonds is 5. The van der Waals surface area contributed by atoms with Crippen molar-refractivity contribution >= 4 is 26.0 Å². The molecule has 0 spiro atoms. The third-order valence-corrected chi connectivity index (χ3v) is 5.60. The lowest BCUT2D eigenvalue weighted by Crippen LogP contribution is -2.23. The number of sulfonamides is 1. The highest BCUT2D eigenvalue weighted by Crippen LogP contribution is 2.30. The Kier molecular flexibility index (Phi) is 5.26. The maximum atomic E-state index is 12.5. The van der Waals surface area contributed by atoms with Gasteiger partial charge in [-0.2, -0.15) is 0 Å². The fraction of sp³-hybridized carbons (Fsp3) is 0.250. The van der Waals surface area contributed by atoms with Gasteiger partial charge in [-0.25, -0.2) is 13.1 Å². The highest BCUT2D eigenvalue weighted by atomic mass is 79.9. The van der Waals surface area contributed by atoms with Crippen molar-refractivity contribution in [1.82, 2.24) is 4.72 Å². The van der Waals surface area contributed by atoms with E-state index in [1.54, 1.807) is 12.1 Å². The van der Waals surface area contributed by atoms with Crippen LogP contribution in [0.2, 0.25) is 0 Å². The first-order valence-electron chi connectivity index (χ1n) is 6.73. The summed E-state index contributed by atoms with van der Waals surface area (Å²) in [7, 11) is -2.20. The molecule has 6 heteroatoms. The number of hydrogen-bond donors (Lipinski definition) is 1. The van der Waals surface area contributed by atoms with Crippen LogP contribution in [0.15, 0.2) is 45.8 Å². The van der Waals surface area contributed by atoms with Crippen molar-refractivity contribution in [1.29, 1.82) is 0 Å². The summed E-state index contributed by atoms with van der Waals surface area (Å²) in [6.45, 7) is 4.10. The minimum atomic E-state index is -3.66. The predicted molar refractivity (Wildman–Crippen MR) is 90.6 cm³/mol. The fourth-order valence-electron chi connectivity index (χ4n) is 1.97. The van der Waals surface area contributed by atoms with Gasteiger partial charge in [-0.3, -0.25) is 0 Å². The second-order valence-corrected chi connectivity index (χ2v) is 7.65. The third kappa shape index (κ3) is 3.88. The molecule has 0 radical (unpaired) electrons. The summed E-state index contributed by atoms with van der Waals surface area (Å²) >= 11 is 3.36. The van der Waals surface area contributed by atoms with Crippen LogP contribution in [-0.4, -0.2) is 15.5 Å². The Hall–Kier alpha value is -1.37. The molecule has 2 rings (SSSR count). The van der Waals surface area contributed by atoms with E-state index in [9.17, 15) is 8.42 Å². The fourth-order valence-corrected chi connectivity index (χ4v) is 3.66. The molecule has 0 fully saturated rings. The van der Waals surface area contributed by atoms with Gasteiger partial charge in [0.25, 0.3) is 0 Å². The zero-order valence-corrected chi connectivity index (χ0v) is 15.1. The van der Waals surface area contributed by atoms with E-state index in [1.807, 2.05) is 38.1 Å². The summed E-state index contributed by atoms with van der Waals surface area (Å²) in [5.74, 6) is 0.331. The van der Waals surface area contributed by atoms with E-state index >= 15 is 0 Å². The van der Waals surface area contributed by atoms with Gasteiger partial charge < -0.3 is 4.74 Å². The molecule has 0 amide bonds. The first kappa shape index (κ1) is 17.0. The second kappa shape index (κ2) is 6.81. The Morgan fingerprint density at radius 3 is 2.36 bits per heavy atom. The van der Waals surface area contributed by atoms with Crippen molar-refractivity contribution in [3.8, 4) is 5.75 Å². The molecular weight excluding hydrogens is 366 g/mol. The number of benzene rings is 2. The van der Waals surface area contributed by atoms with Gasteiger partial charge in [0.15, 0.2) is 0 Å². The van der Waals surface area contributed by atoms with Crippen LogP contribution in [-0.2, 0) is 16.6 Å². The minimum absolute atomic E-state index is 0.125. The van der Waals surface area contributed by atoms with Crippen molar-refractivity contribution < 1.29 is 13.2 Å². The van der Waals surface area contributed by atoms with Crippen LogP contribution >= 0.6 is 15.9 Å². The topological polar surface area (TPSA) is 55.4 Å². The van der Waals surface area contributed by atoms with E-state index in [0.717, 1.165) is 21.2 Å². The van der Waals surface area contributed by atoms with E-state index in [4.69, 9.17) is 4.74 Å². The Labute approximate surface area is 139 Å². The maximum absolute atomic E-state index is 12.5. The molecule has 0 saturated heterocycles. The lowest BCUT2D eigenvalue weighted by Gasteiger charge is -2.13. The molecule has 0 saturated carbocycles. The summed E-state index contributed by atoms with van der Waals surface area (Å²) in [5, 5.41) is 0. The average molecular weight is 384 g/mol. The molecule has 2 aromatic rings. The summed E-state index contributed by atoms with van der Waals surface area (Å²) in [6, 6.07) is 11.0. The smallest absolute Gasteiger partial charge is 0.244 e. The van der Waals surface area contributed by atoms with E-state index in [1.165, 1.54) is 7.11 Å². The molecule has 2 aromatic carbocycles. The Bertz CT molecular complexity index is 771. The van der Waals surface area contributed by atoms with Crippen molar-refractivity contribution in [3.05, 3.63) is 57.6 Å². The lowest BCUT2D eigenvalue weighted by atomic mass is 10.2. The van der Waals surface area contributed by atoms with Crippen molar-refractivity contribution in [3.63, 3.8) is 0 Å². The molecule has 0 atom stereocenters. The largest absolute Gasteiger partial charge is 0.495 e. The third-order valence-electron chi connectivity index (χ3n) is 3.32. The SMILES string of the molecule is COc1cc(C)c(Br)cc1S(=O)(=O)NCc1ccc(C)cc1. The van der Waals surface area contributed by atoms with Crippen LogP contribution in [0.5, 0.6) is 5.75 Å². The van der Waals surface area contributed by atoms with Crippen LogP contribution in [0.1, 0.15) is 16.7 Å². The molecule has 0 aliphatic carbocycles. The average Bonchev–Trinajstić information content (AvgIpc) is 2.49. The van der Waals surface area contributed by atoms with Crippen molar-refractivity contribution in [2.45, 2.75) is 25.3 Å². The normalized spacial score (nSPS) is 11.5. The molecule has 0 bridgehead atoms. The summed E-state index contributed by atoms with van der Waals surface area (Å²) in [4.78, 5) is 0.125. The number of hydrogen-bond acceptors (Lipinski definition) is 3. The summed E-state index contributed by atoms with van der Waals surface area (Å²) < 4.78 is 33.5. The van der Waals surface area contributed by atoms with E-state index < -0.39 is 10.0 Å². The van der Waals surface area contributed by atoms with Gasteiger partial charge in [-0.15, -0.1) is 0 Å². The number of ether oxygens (including phenoxy) is 1. The van der Waals surface area contributed by atoms with Gasteiger partial charge in [0.2, 0.25) is 10.0 Å². The van der Waals surface area contributed by atoms with Crippen LogP contribution in [0.25, 0.3) is 0 Å². The summed E-state index contributed by atoms with van der Waals surface area (Å²) in [5.41, 5.74) is 2.95. The molecule has 0 aliphatic heterocycles. The zero-order chi connectivity index (χ0) is 16.3. The first-order chi connectivity index (χ1) is 10.3. The molecule has 4 nitrogen and oxygen atoms in total. The van der Waals surface area contributed by atoms with Crippen molar-refractivity contribution in [2.24, 2.45) is 0 Å². The molecule has 118 valence electrons. The highest BCUT2D eigenvalue weighted by Gasteiger charge is 2.20. The number of aryl methyl sites for hydroxylation is 2. The van der Waals surface area contributed by atoms with E-state index in [-0.39, 0.29) is 11.4 Å². The first-order valence-corrected chi connectivity index (χ1v) is 9.00. The van der Waals surface area contributed by atoms with Gasteiger partial charge in [0, 0.05) is 11.0 Å². The van der Waals surface area contributed by atoms with Crippen LogP contribution in [0.3, 0.4) is 0 Å². The van der Waals surface area contributed by atoms with Gasteiger partial charge in [0.05, 0.1) is 7.11 Å². The monoisotopic (exact) mass is 383 g/mol. The predicted octanol–water partition coefficient (Wildman–Crippen LogP) is 3.55. The molecule has 22 heavy (non-hydrogen) atoms. The Morgan fingerprint density at radius 1 is 1.14 bits per heavy atom.